The van der Waals surface area contributed by atoms with Gasteiger partial charge < -0.3 is 45.2 Å². The number of rotatable bonds is 25. The van der Waals surface area contributed by atoms with Crippen molar-refractivity contribution in [3.63, 3.8) is 0 Å². The van der Waals surface area contributed by atoms with Crippen LogP contribution in [0, 0.1) is 17.8 Å². The molecule has 396 valence electrons. The normalized spacial score (nSPS) is 17.9. The molecule has 0 saturated carbocycles. The first kappa shape index (κ1) is 58.2. The van der Waals surface area contributed by atoms with Gasteiger partial charge in [-0.2, -0.15) is 0 Å². The van der Waals surface area contributed by atoms with Crippen LogP contribution in [0.1, 0.15) is 104 Å². The van der Waals surface area contributed by atoms with Gasteiger partial charge in [-0.3, -0.25) is 38.4 Å². The number of amides is 8. The molecule has 8 unspecified atom stereocenters. The lowest BCUT2D eigenvalue weighted by molar-refractivity contribution is -0.154. The highest BCUT2D eigenvalue weighted by Crippen LogP contribution is 2.26. The second-order valence-electron chi connectivity index (χ2n) is 19.8. The van der Waals surface area contributed by atoms with E-state index in [0.29, 0.717) is 45.2 Å². The van der Waals surface area contributed by atoms with Crippen LogP contribution in [0.2, 0.25) is 0 Å². The zero-order valence-corrected chi connectivity index (χ0v) is 44.2. The second-order valence-corrected chi connectivity index (χ2v) is 19.8. The first-order valence-corrected chi connectivity index (χ1v) is 25.7. The molecule has 2 aliphatic rings. The van der Waals surface area contributed by atoms with Gasteiger partial charge in [-0.05, 0) is 55.1 Å². The maximum Gasteiger partial charge on any atom is 0.328 e. The number of likely N-dealkylation sites (tertiary alicyclic amines) is 2. The monoisotopic (exact) mass is 1000 g/mol. The van der Waals surface area contributed by atoms with Crippen molar-refractivity contribution in [2.45, 2.75) is 142 Å². The highest BCUT2D eigenvalue weighted by molar-refractivity contribution is 5.97. The lowest BCUT2D eigenvalue weighted by Gasteiger charge is -2.34. The molecule has 0 aliphatic carbocycles. The summed E-state index contributed by atoms with van der Waals surface area (Å²) in [6.07, 6.45) is 5.53. The Morgan fingerprint density at radius 3 is 1.69 bits per heavy atom. The third-order valence-corrected chi connectivity index (χ3v) is 14.4. The number of likely N-dealkylation sites (N-methyl/N-ethyl adjacent to an activating group) is 3. The minimum Gasteiger partial charge on any atom is -0.467 e. The van der Waals surface area contributed by atoms with Gasteiger partial charge in [0.1, 0.15) is 36.3 Å². The Labute approximate surface area is 426 Å². The quantitative estimate of drug-likeness (QED) is 0.123. The Hall–Kier alpha value is -6.33. The second kappa shape index (κ2) is 28.1. The lowest BCUT2D eigenvalue weighted by Crippen LogP contribution is -2.59. The Kier molecular flexibility index (Phi) is 22.7. The predicted molar refractivity (Wildman–Crippen MR) is 272 cm³/mol. The molecule has 0 aromatic heterocycles. The zero-order valence-electron chi connectivity index (χ0n) is 44.2. The van der Waals surface area contributed by atoms with E-state index in [0.717, 1.165) is 30.4 Å². The predicted octanol–water partition coefficient (Wildman–Crippen LogP) is 3.35. The van der Waals surface area contributed by atoms with Crippen LogP contribution in [0.3, 0.4) is 0 Å². The van der Waals surface area contributed by atoms with Gasteiger partial charge in [-0.15, -0.1) is 0 Å². The molecule has 18 heteroatoms. The van der Waals surface area contributed by atoms with Crippen LogP contribution >= 0.6 is 0 Å². The van der Waals surface area contributed by atoms with E-state index in [4.69, 9.17) is 4.74 Å². The van der Waals surface area contributed by atoms with Crippen molar-refractivity contribution in [2.75, 3.05) is 54.4 Å². The molecule has 3 N–H and O–H groups in total. The summed E-state index contributed by atoms with van der Waals surface area (Å²) in [4.78, 5) is 131. The van der Waals surface area contributed by atoms with Crippen LogP contribution in [0.5, 0.6) is 0 Å². The molecule has 0 spiro atoms. The Balaban J connectivity index is 1.44. The van der Waals surface area contributed by atoms with Gasteiger partial charge in [0.25, 0.3) is 0 Å². The van der Waals surface area contributed by atoms with E-state index >= 15 is 0 Å². The zero-order chi connectivity index (χ0) is 53.2. The van der Waals surface area contributed by atoms with Gasteiger partial charge in [0.2, 0.25) is 47.3 Å². The van der Waals surface area contributed by atoms with E-state index in [2.05, 4.69) is 22.9 Å². The van der Waals surface area contributed by atoms with Crippen LogP contribution in [-0.2, 0) is 60.7 Å². The van der Waals surface area contributed by atoms with Crippen LogP contribution in [0.25, 0.3) is 0 Å². The van der Waals surface area contributed by atoms with Gasteiger partial charge in [0.05, 0.1) is 20.2 Å². The molecule has 8 amide bonds. The molecule has 2 aliphatic heterocycles. The van der Waals surface area contributed by atoms with Crippen molar-refractivity contribution in [3.05, 3.63) is 71.8 Å². The standard InChI is InChI=1S/C54H80N8O10/c1-11-13-22-37(6)51(68)61-29-20-27-40(61)52(69)59(8)42(31-38-23-16-14-17-24-38)48(65)55-34-45(64)60(9)47(35(3)4)50(67)57-46(36(5)12-2)49(66)56-33-44(63)58(7)43(32-39-25-18-15-19-26-39)53(70)62-30-21-28-41(62)54(71)72-10/h14-19,23-26,35-37,40-43,46-47H,11-13,20-22,27-34H2,1-10H3,(H,55,65)(H,56,66)(H,57,67). The molecule has 2 fully saturated rings. The number of hydrogen-bond donors (Lipinski definition) is 3. The van der Waals surface area contributed by atoms with Crippen molar-refractivity contribution >= 4 is 53.2 Å². The van der Waals surface area contributed by atoms with Gasteiger partial charge in [-0.25, -0.2) is 4.79 Å². The van der Waals surface area contributed by atoms with Gasteiger partial charge >= 0.3 is 5.97 Å². The summed E-state index contributed by atoms with van der Waals surface area (Å²) in [6.45, 7) is 10.9. The Bertz CT molecular complexity index is 2180. The Morgan fingerprint density at radius 1 is 0.653 bits per heavy atom. The molecule has 2 aromatic carbocycles. The number of hydrogen-bond acceptors (Lipinski definition) is 10. The molecule has 2 aromatic rings. The number of esters is 1. The van der Waals surface area contributed by atoms with E-state index in [-0.39, 0.29) is 30.6 Å². The summed E-state index contributed by atoms with van der Waals surface area (Å²) < 4.78 is 4.96. The molecular weight excluding hydrogens is 921 g/mol. The number of methoxy groups -OCH3 is 1. The smallest absolute Gasteiger partial charge is 0.328 e. The molecule has 8 atom stereocenters. The topological polar surface area (TPSA) is 215 Å². The average Bonchev–Trinajstić information content (AvgIpc) is 4.09. The highest BCUT2D eigenvalue weighted by Gasteiger charge is 2.42. The summed E-state index contributed by atoms with van der Waals surface area (Å²) in [5.41, 5.74) is 1.58. The molecule has 0 bridgehead atoms. The fourth-order valence-corrected chi connectivity index (χ4v) is 9.66. The molecule has 0 radical (unpaired) electrons. The minimum absolute atomic E-state index is 0.0725. The van der Waals surface area contributed by atoms with E-state index in [1.54, 1.807) is 32.7 Å². The van der Waals surface area contributed by atoms with Crippen LogP contribution in [0.4, 0.5) is 0 Å². The van der Waals surface area contributed by atoms with Crippen LogP contribution < -0.4 is 16.0 Å². The van der Waals surface area contributed by atoms with E-state index in [9.17, 15) is 43.2 Å². The van der Waals surface area contributed by atoms with Crippen molar-refractivity contribution in [1.29, 1.82) is 0 Å². The van der Waals surface area contributed by atoms with Gasteiger partial charge in [0.15, 0.2) is 0 Å². The molecule has 2 saturated heterocycles. The molecule has 2 heterocycles. The SMILES string of the molecule is CCCCC(C)C(=O)N1CCCC1C(=O)N(C)C(Cc1ccccc1)C(=O)NCC(=O)N(C)C(C(=O)NC(C(=O)NCC(=O)N(C)C(Cc1ccccc1)C(=O)N1CCCC1C(=O)OC)C(C)CC)C(C)C. The lowest BCUT2D eigenvalue weighted by atomic mass is 9.96. The largest absolute Gasteiger partial charge is 0.467 e. The first-order valence-electron chi connectivity index (χ1n) is 25.7. The van der Waals surface area contributed by atoms with Crippen molar-refractivity contribution in [1.82, 2.24) is 40.4 Å². The third kappa shape index (κ3) is 15.3. The third-order valence-electron chi connectivity index (χ3n) is 14.4. The molecule has 4 rings (SSSR count). The fourth-order valence-electron chi connectivity index (χ4n) is 9.66. The number of nitrogens with one attached hydrogen (secondary N) is 3. The average molecular weight is 1000 g/mol. The minimum atomic E-state index is -1.12. The summed E-state index contributed by atoms with van der Waals surface area (Å²) in [6, 6.07) is 12.6. The number of benzene rings is 2. The Morgan fingerprint density at radius 2 is 1.17 bits per heavy atom. The molecule has 72 heavy (non-hydrogen) atoms. The molecular formula is C54H80N8O10. The van der Waals surface area contributed by atoms with Gasteiger partial charge in [-0.1, -0.05) is 121 Å². The maximum atomic E-state index is 14.2. The molecule has 18 nitrogen and oxygen atoms in total. The number of carbonyl (C=O) groups excluding carboxylic acids is 9. The summed E-state index contributed by atoms with van der Waals surface area (Å²) >= 11 is 0. The number of nitrogens with zero attached hydrogens (tertiary/aromatic N) is 5. The van der Waals surface area contributed by atoms with E-state index < -0.39 is 103 Å². The van der Waals surface area contributed by atoms with Crippen LogP contribution in [0.15, 0.2) is 60.7 Å². The van der Waals surface area contributed by atoms with E-state index in [1.807, 2.05) is 74.5 Å². The fraction of sp³-hybridized carbons (Fsp3) is 0.611. The summed E-state index contributed by atoms with van der Waals surface area (Å²) in [5, 5.41) is 8.21. The van der Waals surface area contributed by atoms with E-state index in [1.165, 1.54) is 40.8 Å². The summed E-state index contributed by atoms with van der Waals surface area (Å²) in [5.74, 6) is -5.48. The number of unbranched alkanes of at least 4 members (excludes halogenated alkanes) is 1. The van der Waals surface area contributed by atoms with Crippen molar-refractivity contribution in [2.24, 2.45) is 17.8 Å². The number of carbonyl (C=O) groups is 9. The van der Waals surface area contributed by atoms with Crippen LogP contribution in [-0.4, -0.2) is 168 Å². The van der Waals surface area contributed by atoms with Crippen molar-refractivity contribution in [3.8, 4) is 0 Å². The maximum absolute atomic E-state index is 14.2. The highest BCUT2D eigenvalue weighted by atomic mass is 16.5. The van der Waals surface area contributed by atoms with Crippen molar-refractivity contribution < 1.29 is 47.9 Å². The summed E-state index contributed by atoms with van der Waals surface area (Å²) in [7, 11) is 5.73. The first-order chi connectivity index (χ1) is 34.3. The van der Waals surface area contributed by atoms with Gasteiger partial charge in [0, 0.05) is 53.0 Å². The number of ether oxygens (including phenoxy) is 1.